The predicted octanol–water partition coefficient (Wildman–Crippen LogP) is 3.37. The molecule has 0 spiro atoms. The Morgan fingerprint density at radius 3 is 2.13 bits per heavy atom. The maximum absolute atomic E-state index is 12.5. The first-order chi connectivity index (χ1) is 14.3. The van der Waals surface area contributed by atoms with Crippen molar-refractivity contribution >= 4 is 29.4 Å². The van der Waals surface area contributed by atoms with Gasteiger partial charge in [-0.3, -0.25) is 24.1 Å². The van der Waals surface area contributed by atoms with Crippen LogP contribution >= 0.6 is 0 Å². The van der Waals surface area contributed by atoms with Gasteiger partial charge in [-0.2, -0.15) is 0 Å². The Balaban J connectivity index is 1.61. The summed E-state index contributed by atoms with van der Waals surface area (Å²) in [6, 6.07) is 13.8. The number of nitrogens with one attached hydrogen (secondary N) is 1. The molecule has 0 radical (unpaired) electrons. The van der Waals surface area contributed by atoms with Crippen LogP contribution in [0.25, 0.3) is 0 Å². The summed E-state index contributed by atoms with van der Waals surface area (Å²) in [4.78, 5) is 50.3. The van der Waals surface area contributed by atoms with Gasteiger partial charge in [0.1, 0.15) is 6.54 Å². The van der Waals surface area contributed by atoms with Crippen LogP contribution in [0.5, 0.6) is 0 Å². The summed E-state index contributed by atoms with van der Waals surface area (Å²) in [7, 11) is 0. The van der Waals surface area contributed by atoms with Crippen molar-refractivity contribution in [3.8, 4) is 0 Å². The van der Waals surface area contributed by atoms with E-state index in [1.807, 2.05) is 18.2 Å². The Morgan fingerprint density at radius 1 is 0.967 bits per heavy atom. The molecule has 7 heteroatoms. The molecular weight excluding hydrogens is 384 g/mol. The summed E-state index contributed by atoms with van der Waals surface area (Å²) >= 11 is 0. The zero-order valence-electron chi connectivity index (χ0n) is 17.2. The normalized spacial score (nSPS) is 14.8. The van der Waals surface area contributed by atoms with E-state index in [-0.39, 0.29) is 17.0 Å². The first-order valence-corrected chi connectivity index (χ1v) is 9.88. The average molecular weight is 408 g/mol. The van der Waals surface area contributed by atoms with Crippen molar-refractivity contribution in [2.24, 2.45) is 0 Å². The lowest BCUT2D eigenvalue weighted by atomic mass is 9.97. The highest BCUT2D eigenvalue weighted by Gasteiger charge is 2.37. The standard InChI is InChI=1S/C23H24N2O5/c1-4-14(2)16-9-7-8-12-19(16)24-21(27)15(3)30-20(26)13-25-22(28)17-10-5-6-11-18(17)23(25)29/h5-12,14-15H,4,13H2,1-3H3,(H,24,27)/t14-,15+/m0/s1. The van der Waals surface area contributed by atoms with Crippen molar-refractivity contribution in [3.05, 3.63) is 65.2 Å². The van der Waals surface area contributed by atoms with E-state index in [9.17, 15) is 19.2 Å². The second kappa shape index (κ2) is 8.90. The van der Waals surface area contributed by atoms with Crippen molar-refractivity contribution in [1.82, 2.24) is 4.90 Å². The summed E-state index contributed by atoms with van der Waals surface area (Å²) in [6.07, 6.45) is -0.171. The molecule has 0 saturated carbocycles. The molecule has 1 aliphatic rings. The van der Waals surface area contributed by atoms with Gasteiger partial charge in [0, 0.05) is 5.69 Å². The fraction of sp³-hybridized carbons (Fsp3) is 0.304. The fourth-order valence-electron chi connectivity index (χ4n) is 3.29. The highest BCUT2D eigenvalue weighted by molar-refractivity contribution is 6.22. The van der Waals surface area contributed by atoms with E-state index in [1.54, 1.807) is 18.2 Å². The molecule has 30 heavy (non-hydrogen) atoms. The third kappa shape index (κ3) is 4.25. The van der Waals surface area contributed by atoms with Crippen LogP contribution < -0.4 is 5.32 Å². The third-order valence-corrected chi connectivity index (χ3v) is 5.20. The number of fused-ring (bicyclic) bond motifs is 1. The van der Waals surface area contributed by atoms with Gasteiger partial charge in [0.05, 0.1) is 11.1 Å². The topological polar surface area (TPSA) is 92.8 Å². The number of esters is 1. The molecule has 3 rings (SSSR count). The van der Waals surface area contributed by atoms with Crippen molar-refractivity contribution in [2.75, 3.05) is 11.9 Å². The van der Waals surface area contributed by atoms with Crippen LogP contribution in [-0.4, -0.2) is 41.2 Å². The van der Waals surface area contributed by atoms with Crippen molar-refractivity contribution in [1.29, 1.82) is 0 Å². The molecule has 0 aliphatic carbocycles. The van der Waals surface area contributed by atoms with Crippen molar-refractivity contribution < 1.29 is 23.9 Å². The van der Waals surface area contributed by atoms with E-state index < -0.39 is 36.3 Å². The quantitative estimate of drug-likeness (QED) is 0.560. The van der Waals surface area contributed by atoms with E-state index in [1.165, 1.54) is 19.1 Å². The summed E-state index contributed by atoms with van der Waals surface area (Å²) in [6.45, 7) is 5.03. The van der Waals surface area contributed by atoms with Crippen molar-refractivity contribution in [3.63, 3.8) is 0 Å². The Labute approximate surface area is 175 Å². The van der Waals surface area contributed by atoms with E-state index in [4.69, 9.17) is 4.74 Å². The number of imide groups is 1. The molecule has 7 nitrogen and oxygen atoms in total. The number of anilines is 1. The van der Waals surface area contributed by atoms with Gasteiger partial charge in [0.2, 0.25) is 0 Å². The molecule has 2 aromatic rings. The Bertz CT molecular complexity index is 966. The number of nitrogens with zero attached hydrogens (tertiary/aromatic N) is 1. The zero-order chi connectivity index (χ0) is 21.8. The van der Waals surface area contributed by atoms with Crippen molar-refractivity contribution in [2.45, 2.75) is 39.2 Å². The van der Waals surface area contributed by atoms with Gasteiger partial charge in [-0.05, 0) is 43.0 Å². The highest BCUT2D eigenvalue weighted by atomic mass is 16.5. The molecule has 0 bridgehead atoms. The Morgan fingerprint density at radius 2 is 1.53 bits per heavy atom. The third-order valence-electron chi connectivity index (χ3n) is 5.20. The van der Waals surface area contributed by atoms with Gasteiger partial charge in [0.25, 0.3) is 17.7 Å². The first kappa shape index (κ1) is 21.2. The number of carbonyl (C=O) groups excluding carboxylic acids is 4. The lowest BCUT2D eigenvalue weighted by Gasteiger charge is -2.19. The fourth-order valence-corrected chi connectivity index (χ4v) is 3.29. The van der Waals surface area contributed by atoms with E-state index in [2.05, 4.69) is 19.2 Å². The lowest BCUT2D eigenvalue weighted by molar-refractivity contribution is -0.153. The van der Waals surface area contributed by atoms with Gasteiger partial charge in [-0.15, -0.1) is 0 Å². The molecule has 0 aromatic heterocycles. The van der Waals surface area contributed by atoms with Gasteiger partial charge < -0.3 is 10.1 Å². The Kier molecular flexibility index (Phi) is 6.30. The number of hydrogen-bond donors (Lipinski definition) is 1. The molecular formula is C23H24N2O5. The summed E-state index contributed by atoms with van der Waals surface area (Å²) in [5.74, 6) is -2.16. The van der Waals surface area contributed by atoms with E-state index in [0.717, 1.165) is 16.9 Å². The largest absolute Gasteiger partial charge is 0.451 e. The van der Waals surface area contributed by atoms with Gasteiger partial charge in [-0.1, -0.05) is 44.2 Å². The minimum absolute atomic E-state index is 0.253. The zero-order valence-corrected chi connectivity index (χ0v) is 17.2. The number of amides is 3. The van der Waals surface area contributed by atoms with E-state index in [0.29, 0.717) is 5.69 Å². The first-order valence-electron chi connectivity index (χ1n) is 9.88. The summed E-state index contributed by atoms with van der Waals surface area (Å²) < 4.78 is 5.17. The van der Waals surface area contributed by atoms with Crippen LogP contribution in [0.2, 0.25) is 0 Å². The minimum atomic E-state index is -1.09. The van der Waals surface area contributed by atoms with Crippen LogP contribution in [0.15, 0.2) is 48.5 Å². The van der Waals surface area contributed by atoms with Gasteiger partial charge >= 0.3 is 5.97 Å². The maximum atomic E-state index is 12.5. The van der Waals surface area contributed by atoms with Gasteiger partial charge in [0.15, 0.2) is 6.10 Å². The number of carbonyl (C=O) groups is 4. The van der Waals surface area contributed by atoms with Crippen LogP contribution in [0.4, 0.5) is 5.69 Å². The average Bonchev–Trinajstić information content (AvgIpc) is 2.98. The van der Waals surface area contributed by atoms with Crippen LogP contribution in [0.3, 0.4) is 0 Å². The van der Waals surface area contributed by atoms with Crippen LogP contribution in [0.1, 0.15) is 59.4 Å². The number of benzene rings is 2. The maximum Gasteiger partial charge on any atom is 0.326 e. The molecule has 1 aliphatic heterocycles. The van der Waals surface area contributed by atoms with Crippen LogP contribution in [0, 0.1) is 0 Å². The monoisotopic (exact) mass is 408 g/mol. The summed E-state index contributed by atoms with van der Waals surface area (Å²) in [5, 5.41) is 2.79. The number of hydrogen-bond acceptors (Lipinski definition) is 5. The molecule has 0 saturated heterocycles. The molecule has 1 heterocycles. The van der Waals surface area contributed by atoms with Gasteiger partial charge in [-0.25, -0.2) is 0 Å². The minimum Gasteiger partial charge on any atom is -0.451 e. The molecule has 3 amide bonds. The molecule has 2 aromatic carbocycles. The molecule has 0 unspecified atom stereocenters. The number of rotatable bonds is 7. The molecule has 0 fully saturated rings. The smallest absolute Gasteiger partial charge is 0.326 e. The highest BCUT2D eigenvalue weighted by Crippen LogP contribution is 2.27. The number of para-hydroxylation sites is 1. The number of ether oxygens (including phenoxy) is 1. The second-order valence-electron chi connectivity index (χ2n) is 7.26. The molecule has 2 atom stereocenters. The molecule has 156 valence electrons. The Hall–Kier alpha value is -3.48. The lowest BCUT2D eigenvalue weighted by Crippen LogP contribution is -2.38. The SMILES string of the molecule is CC[C@H](C)c1ccccc1NC(=O)[C@@H](C)OC(=O)CN1C(=O)c2ccccc2C1=O. The molecule has 1 N–H and O–H groups in total. The summed E-state index contributed by atoms with van der Waals surface area (Å²) in [5.41, 5.74) is 2.17. The van der Waals surface area contributed by atoms with Crippen LogP contribution in [-0.2, 0) is 14.3 Å². The van der Waals surface area contributed by atoms with E-state index >= 15 is 0 Å². The second-order valence-corrected chi connectivity index (χ2v) is 7.26. The predicted molar refractivity (Wildman–Crippen MR) is 111 cm³/mol.